The summed E-state index contributed by atoms with van der Waals surface area (Å²) >= 11 is 0. The highest BCUT2D eigenvalue weighted by Crippen LogP contribution is 2.13. The Morgan fingerprint density at radius 3 is 2.77 bits per heavy atom. The smallest absolute Gasteiger partial charge is 0.0199 e. The topological polar surface area (TPSA) is 3.24 Å². The molecule has 1 fully saturated rings. The lowest BCUT2D eigenvalue weighted by Crippen LogP contribution is -2.21. The highest BCUT2D eigenvalue weighted by Gasteiger charge is 2.12. The first-order chi connectivity index (χ1) is 6.45. The molecule has 1 heteroatoms. The number of hydrogen-bond acceptors (Lipinski definition) is 1. The average Bonchev–Trinajstić information content (AvgIpc) is 2.49. The van der Waals surface area contributed by atoms with Crippen molar-refractivity contribution < 1.29 is 0 Å². The lowest BCUT2D eigenvalue weighted by Gasteiger charge is -2.15. The second-order valence-electron chi connectivity index (χ2n) is 3.83. The Kier molecular flexibility index (Phi) is 2.98. The third-order valence-corrected chi connectivity index (χ3v) is 2.70. The van der Waals surface area contributed by atoms with Crippen LogP contribution in [0.4, 0.5) is 0 Å². The van der Waals surface area contributed by atoms with Gasteiger partial charge in [-0.3, -0.25) is 4.90 Å². The van der Waals surface area contributed by atoms with Gasteiger partial charge in [0.1, 0.15) is 0 Å². The molecular formula is C12H17N. The molecule has 13 heavy (non-hydrogen) atoms. The SMILES string of the molecule is C1=CC=C(CN2CCCC2)CC=C1. The second-order valence-corrected chi connectivity index (χ2v) is 3.83. The molecule has 0 radical (unpaired) electrons. The van der Waals surface area contributed by atoms with Gasteiger partial charge in [0.2, 0.25) is 0 Å². The first-order valence-electron chi connectivity index (χ1n) is 5.19. The Balaban J connectivity index is 1.89. The van der Waals surface area contributed by atoms with Crippen molar-refractivity contribution in [1.29, 1.82) is 0 Å². The summed E-state index contributed by atoms with van der Waals surface area (Å²) in [5.74, 6) is 0. The zero-order valence-corrected chi connectivity index (χ0v) is 8.08. The van der Waals surface area contributed by atoms with E-state index in [2.05, 4.69) is 35.3 Å². The molecule has 0 aromatic heterocycles. The molecule has 0 aromatic rings. The summed E-state index contributed by atoms with van der Waals surface area (Å²) in [6, 6.07) is 0. The van der Waals surface area contributed by atoms with Crippen molar-refractivity contribution in [2.24, 2.45) is 0 Å². The van der Waals surface area contributed by atoms with Crippen LogP contribution in [0.5, 0.6) is 0 Å². The van der Waals surface area contributed by atoms with E-state index in [1.165, 1.54) is 32.5 Å². The Hall–Kier alpha value is -0.820. The van der Waals surface area contributed by atoms with Gasteiger partial charge in [-0.1, -0.05) is 36.0 Å². The number of allylic oxidation sites excluding steroid dienone is 5. The van der Waals surface area contributed by atoms with E-state index in [-0.39, 0.29) is 0 Å². The maximum atomic E-state index is 2.55. The van der Waals surface area contributed by atoms with Crippen LogP contribution >= 0.6 is 0 Å². The molecule has 1 aliphatic carbocycles. The maximum Gasteiger partial charge on any atom is 0.0199 e. The van der Waals surface area contributed by atoms with Crippen molar-refractivity contribution in [3.8, 4) is 0 Å². The molecule has 0 bridgehead atoms. The lowest BCUT2D eigenvalue weighted by atomic mass is 10.1. The number of rotatable bonds is 2. The van der Waals surface area contributed by atoms with Gasteiger partial charge in [0, 0.05) is 6.54 Å². The van der Waals surface area contributed by atoms with Crippen molar-refractivity contribution in [3.05, 3.63) is 36.0 Å². The number of nitrogens with zero attached hydrogens (tertiary/aromatic N) is 1. The largest absolute Gasteiger partial charge is 0.299 e. The van der Waals surface area contributed by atoms with Crippen LogP contribution in [-0.4, -0.2) is 24.5 Å². The second kappa shape index (κ2) is 4.43. The molecule has 0 N–H and O–H groups in total. The molecule has 1 aliphatic heterocycles. The predicted molar refractivity (Wildman–Crippen MR) is 56.7 cm³/mol. The van der Waals surface area contributed by atoms with E-state index < -0.39 is 0 Å². The van der Waals surface area contributed by atoms with Crippen molar-refractivity contribution in [2.75, 3.05) is 19.6 Å². The van der Waals surface area contributed by atoms with Gasteiger partial charge in [-0.15, -0.1) is 0 Å². The summed E-state index contributed by atoms with van der Waals surface area (Å²) in [4.78, 5) is 2.55. The Bertz CT molecular complexity index is 242. The molecule has 70 valence electrons. The van der Waals surface area contributed by atoms with E-state index in [0.717, 1.165) is 6.42 Å². The van der Waals surface area contributed by atoms with Gasteiger partial charge >= 0.3 is 0 Å². The summed E-state index contributed by atoms with van der Waals surface area (Å²) in [6.45, 7) is 3.77. The van der Waals surface area contributed by atoms with Crippen molar-refractivity contribution >= 4 is 0 Å². The third-order valence-electron chi connectivity index (χ3n) is 2.70. The molecule has 0 amide bonds. The molecule has 0 atom stereocenters. The van der Waals surface area contributed by atoms with E-state index >= 15 is 0 Å². The van der Waals surface area contributed by atoms with E-state index in [0.29, 0.717) is 0 Å². The van der Waals surface area contributed by atoms with Crippen LogP contribution in [0.2, 0.25) is 0 Å². The summed E-state index contributed by atoms with van der Waals surface area (Å²) in [7, 11) is 0. The number of hydrogen-bond donors (Lipinski definition) is 0. The third kappa shape index (κ3) is 2.56. The van der Waals surface area contributed by atoms with Gasteiger partial charge in [-0.05, 0) is 32.4 Å². The monoisotopic (exact) mass is 175 g/mol. The zero-order valence-electron chi connectivity index (χ0n) is 8.08. The van der Waals surface area contributed by atoms with Gasteiger partial charge in [-0.2, -0.15) is 0 Å². The maximum absolute atomic E-state index is 2.55. The minimum absolute atomic E-state index is 1.13. The molecule has 2 rings (SSSR count). The van der Waals surface area contributed by atoms with Crippen LogP contribution in [0.3, 0.4) is 0 Å². The Morgan fingerprint density at radius 2 is 1.92 bits per heavy atom. The molecule has 1 saturated heterocycles. The van der Waals surface area contributed by atoms with Crippen LogP contribution in [0, 0.1) is 0 Å². The van der Waals surface area contributed by atoms with Crippen molar-refractivity contribution in [1.82, 2.24) is 4.90 Å². The predicted octanol–water partition coefficient (Wildman–Crippen LogP) is 2.52. The lowest BCUT2D eigenvalue weighted by molar-refractivity contribution is 0.366. The summed E-state index contributed by atoms with van der Waals surface area (Å²) < 4.78 is 0. The highest BCUT2D eigenvalue weighted by molar-refractivity contribution is 5.24. The van der Waals surface area contributed by atoms with Crippen LogP contribution in [0.25, 0.3) is 0 Å². The van der Waals surface area contributed by atoms with Gasteiger partial charge in [0.15, 0.2) is 0 Å². The molecule has 1 heterocycles. The Labute approximate surface area is 80.4 Å². The molecule has 0 aromatic carbocycles. The molecule has 0 unspecified atom stereocenters. The van der Waals surface area contributed by atoms with Gasteiger partial charge in [0.05, 0.1) is 0 Å². The Morgan fingerprint density at radius 1 is 1.08 bits per heavy atom. The molecule has 0 spiro atoms. The van der Waals surface area contributed by atoms with E-state index in [9.17, 15) is 0 Å². The fourth-order valence-electron chi connectivity index (χ4n) is 1.97. The fourth-order valence-corrected chi connectivity index (χ4v) is 1.97. The van der Waals surface area contributed by atoms with Crippen molar-refractivity contribution in [3.63, 3.8) is 0 Å². The summed E-state index contributed by atoms with van der Waals surface area (Å²) in [5, 5.41) is 0. The standard InChI is InChI=1S/C12H17N/c1-2-4-8-12(7-3-1)11-13-9-5-6-10-13/h1-4,7H,5-6,8-11H2. The summed E-state index contributed by atoms with van der Waals surface area (Å²) in [5.41, 5.74) is 1.55. The highest BCUT2D eigenvalue weighted by atomic mass is 15.1. The van der Waals surface area contributed by atoms with E-state index in [1.807, 2.05) is 0 Å². The van der Waals surface area contributed by atoms with E-state index in [4.69, 9.17) is 0 Å². The average molecular weight is 175 g/mol. The van der Waals surface area contributed by atoms with Gasteiger partial charge in [-0.25, -0.2) is 0 Å². The molecule has 0 saturated carbocycles. The van der Waals surface area contributed by atoms with Crippen LogP contribution < -0.4 is 0 Å². The van der Waals surface area contributed by atoms with Crippen LogP contribution in [0.15, 0.2) is 36.0 Å². The molecule has 2 aliphatic rings. The molecule has 1 nitrogen and oxygen atoms in total. The molecular weight excluding hydrogens is 158 g/mol. The number of likely N-dealkylation sites (tertiary alicyclic amines) is 1. The van der Waals surface area contributed by atoms with Gasteiger partial charge in [0.25, 0.3) is 0 Å². The van der Waals surface area contributed by atoms with Gasteiger partial charge < -0.3 is 0 Å². The first-order valence-corrected chi connectivity index (χ1v) is 5.19. The fraction of sp³-hybridized carbons (Fsp3) is 0.500. The quantitative estimate of drug-likeness (QED) is 0.623. The minimum atomic E-state index is 1.13. The van der Waals surface area contributed by atoms with E-state index in [1.54, 1.807) is 5.57 Å². The normalized spacial score (nSPS) is 23.2. The van der Waals surface area contributed by atoms with Crippen LogP contribution in [0.1, 0.15) is 19.3 Å². The summed E-state index contributed by atoms with van der Waals surface area (Å²) in [6.07, 6.45) is 14.8. The first kappa shape index (κ1) is 8.76. The zero-order chi connectivity index (χ0) is 8.93. The van der Waals surface area contributed by atoms with Crippen molar-refractivity contribution in [2.45, 2.75) is 19.3 Å². The van der Waals surface area contributed by atoms with Crippen LogP contribution in [-0.2, 0) is 0 Å². The minimum Gasteiger partial charge on any atom is -0.299 e.